The van der Waals surface area contributed by atoms with Gasteiger partial charge in [0.2, 0.25) is 5.91 Å². The molecular formula is C21H24N4O2. The van der Waals surface area contributed by atoms with E-state index in [-0.39, 0.29) is 5.91 Å². The monoisotopic (exact) mass is 364 g/mol. The number of aromatic nitrogens is 1. The summed E-state index contributed by atoms with van der Waals surface area (Å²) < 4.78 is 0. The van der Waals surface area contributed by atoms with Crippen LogP contribution in [0.3, 0.4) is 0 Å². The molecule has 1 amide bonds. The summed E-state index contributed by atoms with van der Waals surface area (Å²) in [6, 6.07) is 4.25. The molecule has 27 heavy (non-hydrogen) atoms. The molecule has 5 rings (SSSR count). The number of rotatable bonds is 2. The number of aryl methyl sites for hydroxylation is 1. The molecule has 2 aliphatic heterocycles. The van der Waals surface area contributed by atoms with E-state index in [4.69, 9.17) is 0 Å². The number of amides is 1. The Morgan fingerprint density at radius 3 is 3.00 bits per heavy atom. The molecule has 0 saturated carbocycles. The maximum Gasteiger partial charge on any atom is 0.231 e. The van der Waals surface area contributed by atoms with E-state index in [9.17, 15) is 9.90 Å². The zero-order chi connectivity index (χ0) is 18.5. The Morgan fingerprint density at radius 1 is 1.26 bits per heavy atom. The van der Waals surface area contributed by atoms with E-state index in [1.807, 2.05) is 0 Å². The first-order valence-corrected chi connectivity index (χ1v) is 9.76. The maximum absolute atomic E-state index is 12.4. The van der Waals surface area contributed by atoms with Gasteiger partial charge in [-0.2, -0.15) is 5.10 Å². The summed E-state index contributed by atoms with van der Waals surface area (Å²) in [5.74, 6) is 0.0638. The lowest BCUT2D eigenvalue weighted by atomic mass is 10.0. The highest BCUT2D eigenvalue weighted by Crippen LogP contribution is 2.37. The first-order chi connectivity index (χ1) is 13.1. The molecule has 3 heterocycles. The lowest BCUT2D eigenvalue weighted by molar-refractivity contribution is -0.117. The standard InChI is InChI=1S/C21H24N4O2/c1-12(26)11-25-19-9-16-15-4-2-3-13-5-6-17(24-22-10-13)21(15)23-18(16)7-14(19)8-20(25)27/h7,9-10,12,22-23,26H,2-6,8,11H2,1H3. The molecule has 3 aliphatic rings. The molecule has 0 saturated heterocycles. The van der Waals surface area contributed by atoms with Crippen molar-refractivity contribution in [3.8, 4) is 0 Å². The third kappa shape index (κ3) is 2.75. The van der Waals surface area contributed by atoms with Gasteiger partial charge < -0.3 is 15.0 Å². The van der Waals surface area contributed by atoms with Crippen molar-refractivity contribution < 1.29 is 9.90 Å². The number of carbonyl (C=O) groups is 1. The third-order valence-corrected chi connectivity index (χ3v) is 5.85. The van der Waals surface area contributed by atoms with E-state index in [0.717, 1.165) is 60.3 Å². The van der Waals surface area contributed by atoms with Crippen molar-refractivity contribution in [3.05, 3.63) is 40.7 Å². The number of allylic oxidation sites excluding steroid dienone is 1. The Hall–Kier alpha value is -2.60. The molecule has 1 unspecified atom stereocenters. The minimum absolute atomic E-state index is 0.0638. The van der Waals surface area contributed by atoms with Crippen LogP contribution in [-0.2, 0) is 17.6 Å². The Balaban J connectivity index is 1.65. The second kappa shape index (κ2) is 6.23. The van der Waals surface area contributed by atoms with Gasteiger partial charge in [-0.3, -0.25) is 10.2 Å². The number of aromatic amines is 1. The lowest BCUT2D eigenvalue weighted by Crippen LogP contribution is -2.33. The van der Waals surface area contributed by atoms with Crippen LogP contribution < -0.4 is 10.3 Å². The van der Waals surface area contributed by atoms with Gasteiger partial charge in [0.25, 0.3) is 0 Å². The highest BCUT2D eigenvalue weighted by molar-refractivity contribution is 6.09. The number of carbonyl (C=O) groups excluding carboxylic acids is 1. The van der Waals surface area contributed by atoms with Crippen molar-refractivity contribution in [2.75, 3.05) is 11.4 Å². The fourth-order valence-electron chi connectivity index (χ4n) is 4.57. The smallest absolute Gasteiger partial charge is 0.231 e. The lowest BCUT2D eigenvalue weighted by Gasteiger charge is -2.19. The minimum Gasteiger partial charge on any atom is -0.392 e. The Labute approximate surface area is 157 Å². The average molecular weight is 364 g/mol. The van der Waals surface area contributed by atoms with Gasteiger partial charge in [-0.1, -0.05) is 5.57 Å². The topological polar surface area (TPSA) is 80.7 Å². The van der Waals surface area contributed by atoms with E-state index in [2.05, 4.69) is 33.8 Å². The molecule has 6 nitrogen and oxygen atoms in total. The van der Waals surface area contributed by atoms with E-state index in [1.165, 1.54) is 16.5 Å². The van der Waals surface area contributed by atoms with Crippen molar-refractivity contribution in [2.45, 2.75) is 51.6 Å². The van der Waals surface area contributed by atoms with Gasteiger partial charge in [0.05, 0.1) is 30.5 Å². The van der Waals surface area contributed by atoms with Crippen molar-refractivity contribution in [3.63, 3.8) is 0 Å². The SMILES string of the molecule is CC(O)CN1C(=O)Cc2cc3[nH]c4c(c3cc21)CCCC1=CNN=C4CC1. The number of β-amino-alcohol motifs (C(OH)–C–C–N with tert-alkyl or cyclic N) is 1. The Kier molecular flexibility index (Phi) is 3.82. The quantitative estimate of drug-likeness (QED) is 0.766. The molecule has 2 bridgehead atoms. The van der Waals surface area contributed by atoms with Gasteiger partial charge in [0.1, 0.15) is 0 Å². The number of benzene rings is 1. The van der Waals surface area contributed by atoms with Crippen LogP contribution in [0.4, 0.5) is 5.69 Å². The number of nitrogens with one attached hydrogen (secondary N) is 2. The molecule has 2 aromatic rings. The summed E-state index contributed by atoms with van der Waals surface area (Å²) in [5, 5.41) is 15.6. The molecule has 1 aromatic carbocycles. The largest absolute Gasteiger partial charge is 0.392 e. The number of fused-ring (bicyclic) bond motifs is 8. The zero-order valence-electron chi connectivity index (χ0n) is 15.5. The molecule has 3 N–H and O–H groups in total. The maximum atomic E-state index is 12.4. The molecule has 1 aliphatic carbocycles. The normalized spacial score (nSPS) is 20.1. The summed E-state index contributed by atoms with van der Waals surface area (Å²) in [6.45, 7) is 2.06. The Morgan fingerprint density at radius 2 is 2.15 bits per heavy atom. The highest BCUT2D eigenvalue weighted by Gasteiger charge is 2.30. The van der Waals surface area contributed by atoms with Crippen LogP contribution in [-0.4, -0.2) is 34.4 Å². The predicted octanol–water partition coefficient (Wildman–Crippen LogP) is 2.75. The van der Waals surface area contributed by atoms with Crippen molar-refractivity contribution in [1.82, 2.24) is 10.4 Å². The molecule has 6 heteroatoms. The first-order valence-electron chi connectivity index (χ1n) is 9.76. The van der Waals surface area contributed by atoms with Crippen LogP contribution in [0.5, 0.6) is 0 Å². The summed E-state index contributed by atoms with van der Waals surface area (Å²) in [5.41, 5.74) is 11.1. The third-order valence-electron chi connectivity index (χ3n) is 5.85. The van der Waals surface area contributed by atoms with E-state index in [0.29, 0.717) is 13.0 Å². The van der Waals surface area contributed by atoms with Gasteiger partial charge in [0, 0.05) is 22.8 Å². The molecule has 0 radical (unpaired) electrons. The molecule has 1 atom stereocenters. The van der Waals surface area contributed by atoms with Crippen LogP contribution in [0.15, 0.2) is 29.0 Å². The van der Waals surface area contributed by atoms with Gasteiger partial charge in [-0.25, -0.2) is 0 Å². The van der Waals surface area contributed by atoms with Crippen LogP contribution in [0.2, 0.25) is 0 Å². The van der Waals surface area contributed by atoms with Crippen molar-refractivity contribution >= 4 is 28.2 Å². The second-order valence-electron chi connectivity index (χ2n) is 7.88. The fourth-order valence-corrected chi connectivity index (χ4v) is 4.57. The number of anilines is 1. The van der Waals surface area contributed by atoms with E-state index in [1.54, 1.807) is 11.8 Å². The van der Waals surface area contributed by atoms with Crippen LogP contribution in [0.1, 0.15) is 49.4 Å². The highest BCUT2D eigenvalue weighted by atomic mass is 16.3. The number of aliphatic hydroxyl groups excluding tert-OH is 1. The van der Waals surface area contributed by atoms with Gasteiger partial charge in [-0.05, 0) is 62.3 Å². The number of hydrazone groups is 1. The molecule has 0 fully saturated rings. The molecule has 0 spiro atoms. The number of aliphatic hydroxyl groups is 1. The molecular weight excluding hydrogens is 340 g/mol. The predicted molar refractivity (Wildman–Crippen MR) is 106 cm³/mol. The molecule has 140 valence electrons. The van der Waals surface area contributed by atoms with Crippen LogP contribution in [0.25, 0.3) is 10.9 Å². The van der Waals surface area contributed by atoms with Crippen LogP contribution >= 0.6 is 0 Å². The van der Waals surface area contributed by atoms with Crippen molar-refractivity contribution in [1.29, 1.82) is 0 Å². The summed E-state index contributed by atoms with van der Waals surface area (Å²) >= 11 is 0. The van der Waals surface area contributed by atoms with Gasteiger partial charge in [0.15, 0.2) is 0 Å². The fraction of sp³-hybridized carbons (Fsp3) is 0.429. The number of hydrogen-bond acceptors (Lipinski definition) is 4. The zero-order valence-corrected chi connectivity index (χ0v) is 15.5. The number of nitrogens with zero attached hydrogens (tertiary/aromatic N) is 2. The van der Waals surface area contributed by atoms with Gasteiger partial charge >= 0.3 is 0 Å². The van der Waals surface area contributed by atoms with Crippen molar-refractivity contribution in [2.24, 2.45) is 5.10 Å². The second-order valence-corrected chi connectivity index (χ2v) is 7.88. The Bertz CT molecular complexity index is 999. The summed E-state index contributed by atoms with van der Waals surface area (Å²) in [7, 11) is 0. The summed E-state index contributed by atoms with van der Waals surface area (Å²) in [4.78, 5) is 17.7. The van der Waals surface area contributed by atoms with Gasteiger partial charge in [-0.15, -0.1) is 0 Å². The first kappa shape index (κ1) is 16.6. The number of H-pyrrole nitrogens is 1. The van der Waals surface area contributed by atoms with Crippen LogP contribution in [0, 0.1) is 0 Å². The minimum atomic E-state index is -0.543. The summed E-state index contributed by atoms with van der Waals surface area (Å²) in [6.07, 6.45) is 7.08. The average Bonchev–Trinajstić information content (AvgIpc) is 3.03. The molecule has 1 aromatic heterocycles. The van der Waals surface area contributed by atoms with E-state index < -0.39 is 6.10 Å². The number of hydrogen-bond donors (Lipinski definition) is 3. The van der Waals surface area contributed by atoms with E-state index >= 15 is 0 Å².